The number of halogens is 1. The molecule has 1 aliphatic rings. The Kier molecular flexibility index (Phi) is 2.41. The molecule has 1 aliphatic carbocycles. The molecule has 0 spiro atoms. The van der Waals surface area contributed by atoms with Crippen molar-refractivity contribution in [1.82, 2.24) is 4.98 Å². The van der Waals surface area contributed by atoms with Crippen LogP contribution in [-0.4, -0.2) is 11.0 Å². The molecule has 2 nitrogen and oxygen atoms in total. The zero-order chi connectivity index (χ0) is 11.1. The topological polar surface area (TPSA) is 38.9 Å². The summed E-state index contributed by atoms with van der Waals surface area (Å²) in [5.41, 5.74) is 6.68. The van der Waals surface area contributed by atoms with Crippen LogP contribution in [0.1, 0.15) is 30.2 Å². The first-order valence-electron chi connectivity index (χ1n) is 5.54. The van der Waals surface area contributed by atoms with Crippen LogP contribution in [0.4, 0.5) is 4.39 Å². The first-order chi connectivity index (χ1) is 7.72. The zero-order valence-electron chi connectivity index (χ0n) is 8.82. The molecule has 3 rings (SSSR count). The largest absolute Gasteiger partial charge is 0.328 e. The molecule has 4 heteroatoms. The maximum atomic E-state index is 13.0. The number of aromatic nitrogens is 1. The number of fused-ring (bicyclic) bond motifs is 1. The van der Waals surface area contributed by atoms with Crippen molar-refractivity contribution in [2.75, 3.05) is 0 Å². The van der Waals surface area contributed by atoms with E-state index in [4.69, 9.17) is 5.73 Å². The summed E-state index contributed by atoms with van der Waals surface area (Å²) in [7, 11) is 0. The SMILES string of the molecule is NC1CCC(c2nc3cc(F)ccc3s2)C1. The molecular weight excluding hydrogens is 223 g/mol. The normalized spacial score (nSPS) is 25.4. The predicted molar refractivity (Wildman–Crippen MR) is 64.1 cm³/mol. The van der Waals surface area contributed by atoms with E-state index in [1.165, 1.54) is 12.1 Å². The fraction of sp³-hybridized carbons (Fsp3) is 0.417. The summed E-state index contributed by atoms with van der Waals surface area (Å²) in [5, 5.41) is 1.12. The quantitative estimate of drug-likeness (QED) is 0.826. The Bertz CT molecular complexity index is 523. The van der Waals surface area contributed by atoms with Gasteiger partial charge in [-0.05, 0) is 31.4 Å². The average molecular weight is 236 g/mol. The molecule has 16 heavy (non-hydrogen) atoms. The van der Waals surface area contributed by atoms with Crippen molar-refractivity contribution in [2.45, 2.75) is 31.2 Å². The van der Waals surface area contributed by atoms with Gasteiger partial charge in [0.05, 0.1) is 15.2 Å². The van der Waals surface area contributed by atoms with Gasteiger partial charge in [0, 0.05) is 18.0 Å². The van der Waals surface area contributed by atoms with Crippen molar-refractivity contribution in [3.63, 3.8) is 0 Å². The Labute approximate surface area is 97.3 Å². The molecule has 2 atom stereocenters. The van der Waals surface area contributed by atoms with E-state index in [1.807, 2.05) is 0 Å². The summed E-state index contributed by atoms with van der Waals surface area (Å²) in [6.07, 6.45) is 3.21. The first kappa shape index (κ1) is 10.2. The van der Waals surface area contributed by atoms with Crippen LogP contribution in [-0.2, 0) is 0 Å². The van der Waals surface area contributed by atoms with Gasteiger partial charge in [-0.2, -0.15) is 0 Å². The zero-order valence-corrected chi connectivity index (χ0v) is 9.64. The Morgan fingerprint density at radius 3 is 3.00 bits per heavy atom. The van der Waals surface area contributed by atoms with E-state index in [1.54, 1.807) is 17.4 Å². The van der Waals surface area contributed by atoms with Crippen molar-refractivity contribution in [2.24, 2.45) is 5.73 Å². The van der Waals surface area contributed by atoms with Crippen LogP contribution in [0.5, 0.6) is 0 Å². The van der Waals surface area contributed by atoms with E-state index in [2.05, 4.69) is 4.98 Å². The van der Waals surface area contributed by atoms with Crippen molar-refractivity contribution < 1.29 is 4.39 Å². The van der Waals surface area contributed by atoms with Gasteiger partial charge < -0.3 is 5.73 Å². The molecule has 1 saturated carbocycles. The minimum atomic E-state index is -0.215. The highest BCUT2D eigenvalue weighted by Crippen LogP contribution is 2.37. The summed E-state index contributed by atoms with van der Waals surface area (Å²) in [6, 6.07) is 5.11. The van der Waals surface area contributed by atoms with Gasteiger partial charge in [0.25, 0.3) is 0 Å². The number of nitrogens with zero attached hydrogens (tertiary/aromatic N) is 1. The number of hydrogen-bond acceptors (Lipinski definition) is 3. The van der Waals surface area contributed by atoms with E-state index in [-0.39, 0.29) is 5.82 Å². The molecular formula is C12H13FN2S. The molecule has 0 bridgehead atoms. The molecule has 2 unspecified atom stereocenters. The molecule has 0 saturated heterocycles. The molecule has 0 aliphatic heterocycles. The van der Waals surface area contributed by atoms with Gasteiger partial charge in [0.1, 0.15) is 5.82 Å². The number of nitrogens with two attached hydrogens (primary N) is 1. The van der Waals surface area contributed by atoms with Crippen LogP contribution in [0.3, 0.4) is 0 Å². The minimum Gasteiger partial charge on any atom is -0.328 e. The number of hydrogen-bond donors (Lipinski definition) is 1. The van der Waals surface area contributed by atoms with E-state index < -0.39 is 0 Å². The summed E-state index contributed by atoms with van der Waals surface area (Å²) in [5.74, 6) is 0.267. The lowest BCUT2D eigenvalue weighted by atomic mass is 10.1. The third kappa shape index (κ3) is 1.72. The van der Waals surface area contributed by atoms with Crippen molar-refractivity contribution in [3.8, 4) is 0 Å². The lowest BCUT2D eigenvalue weighted by Gasteiger charge is -2.03. The number of thiazole rings is 1. The van der Waals surface area contributed by atoms with Crippen LogP contribution < -0.4 is 5.73 Å². The van der Waals surface area contributed by atoms with Gasteiger partial charge >= 0.3 is 0 Å². The molecule has 1 heterocycles. The van der Waals surface area contributed by atoms with Gasteiger partial charge in [0.15, 0.2) is 0 Å². The average Bonchev–Trinajstić information content (AvgIpc) is 2.83. The molecule has 0 amide bonds. The molecule has 2 aromatic rings. The Hall–Kier alpha value is -1.00. The van der Waals surface area contributed by atoms with Crippen molar-refractivity contribution in [1.29, 1.82) is 0 Å². The third-order valence-electron chi connectivity index (χ3n) is 3.19. The fourth-order valence-electron chi connectivity index (χ4n) is 2.33. The molecule has 84 valence electrons. The minimum absolute atomic E-state index is 0.215. The van der Waals surface area contributed by atoms with Crippen LogP contribution in [0.25, 0.3) is 10.2 Å². The molecule has 0 radical (unpaired) electrons. The fourth-order valence-corrected chi connectivity index (χ4v) is 3.43. The predicted octanol–water partition coefficient (Wildman–Crippen LogP) is 3.03. The second-order valence-corrected chi connectivity index (χ2v) is 5.50. The summed E-state index contributed by atoms with van der Waals surface area (Å²) < 4.78 is 14.1. The maximum absolute atomic E-state index is 13.0. The van der Waals surface area contributed by atoms with E-state index in [9.17, 15) is 4.39 Å². The molecule has 1 aromatic carbocycles. The van der Waals surface area contributed by atoms with E-state index in [0.717, 1.165) is 34.5 Å². The Balaban J connectivity index is 1.99. The smallest absolute Gasteiger partial charge is 0.125 e. The summed E-state index contributed by atoms with van der Waals surface area (Å²) in [6.45, 7) is 0. The van der Waals surface area contributed by atoms with Gasteiger partial charge in [-0.15, -0.1) is 11.3 Å². The summed E-state index contributed by atoms with van der Waals surface area (Å²) >= 11 is 1.67. The van der Waals surface area contributed by atoms with Crippen molar-refractivity contribution >= 4 is 21.6 Å². The van der Waals surface area contributed by atoms with Gasteiger partial charge in [0.2, 0.25) is 0 Å². The Morgan fingerprint density at radius 1 is 1.38 bits per heavy atom. The van der Waals surface area contributed by atoms with Gasteiger partial charge in [-0.3, -0.25) is 0 Å². The van der Waals surface area contributed by atoms with Crippen LogP contribution in [0, 0.1) is 5.82 Å². The van der Waals surface area contributed by atoms with Crippen LogP contribution >= 0.6 is 11.3 Å². The van der Waals surface area contributed by atoms with E-state index >= 15 is 0 Å². The van der Waals surface area contributed by atoms with Crippen LogP contribution in [0.15, 0.2) is 18.2 Å². The number of benzene rings is 1. The van der Waals surface area contributed by atoms with Crippen molar-refractivity contribution in [3.05, 3.63) is 29.0 Å². The highest BCUT2D eigenvalue weighted by Gasteiger charge is 2.25. The second-order valence-electron chi connectivity index (χ2n) is 4.43. The molecule has 2 N–H and O–H groups in total. The molecule has 1 aromatic heterocycles. The monoisotopic (exact) mass is 236 g/mol. The lowest BCUT2D eigenvalue weighted by molar-refractivity contribution is 0.629. The van der Waals surface area contributed by atoms with E-state index in [0.29, 0.717) is 12.0 Å². The Morgan fingerprint density at radius 2 is 2.25 bits per heavy atom. The standard InChI is InChI=1S/C12H13FN2S/c13-8-2-4-11-10(6-8)15-12(16-11)7-1-3-9(14)5-7/h2,4,6-7,9H,1,3,5,14H2. The lowest BCUT2D eigenvalue weighted by Crippen LogP contribution is -2.14. The first-order valence-corrected chi connectivity index (χ1v) is 6.35. The highest BCUT2D eigenvalue weighted by molar-refractivity contribution is 7.18. The summed E-state index contributed by atoms with van der Waals surface area (Å²) in [4.78, 5) is 4.51. The number of rotatable bonds is 1. The highest BCUT2D eigenvalue weighted by atomic mass is 32.1. The second kappa shape index (κ2) is 3.79. The van der Waals surface area contributed by atoms with Gasteiger partial charge in [-0.25, -0.2) is 9.37 Å². The molecule has 1 fully saturated rings. The maximum Gasteiger partial charge on any atom is 0.125 e. The third-order valence-corrected chi connectivity index (χ3v) is 4.39. The van der Waals surface area contributed by atoms with Crippen LogP contribution in [0.2, 0.25) is 0 Å². The van der Waals surface area contributed by atoms with Gasteiger partial charge in [-0.1, -0.05) is 0 Å².